The molecule has 16 heteroatoms. The van der Waals surface area contributed by atoms with E-state index in [1.54, 1.807) is 40.7 Å². The topological polar surface area (TPSA) is 215 Å². The molecule has 0 amide bonds. The first-order valence-corrected chi connectivity index (χ1v) is 17.8. The Morgan fingerprint density at radius 1 is 1.00 bits per heavy atom. The zero-order valence-corrected chi connectivity index (χ0v) is 30.1. The quantitative estimate of drug-likeness (QED) is 0.138. The van der Waals surface area contributed by atoms with Crippen LogP contribution in [0, 0.1) is 34.0 Å². The summed E-state index contributed by atoms with van der Waals surface area (Å²) in [7, 11) is 2.24. The van der Waals surface area contributed by atoms with E-state index < -0.39 is 130 Å². The van der Waals surface area contributed by atoms with E-state index in [-0.39, 0.29) is 24.8 Å². The minimum absolute atomic E-state index is 0.0439. The molecule has 0 aromatic carbocycles. The van der Waals surface area contributed by atoms with Crippen molar-refractivity contribution in [2.75, 3.05) is 27.4 Å². The first-order valence-electron chi connectivity index (χ1n) is 17.8. The molecule has 0 aromatic heterocycles. The second-order valence-electron chi connectivity index (χ2n) is 16.0. The molecule has 16 unspecified atom stereocenters. The van der Waals surface area contributed by atoms with E-state index in [1.165, 1.54) is 19.4 Å². The Morgan fingerprint density at radius 2 is 1.71 bits per heavy atom. The van der Waals surface area contributed by atoms with Gasteiger partial charge in [0.1, 0.15) is 28.8 Å². The van der Waals surface area contributed by atoms with Crippen LogP contribution >= 0.6 is 0 Å². The van der Waals surface area contributed by atoms with Crippen molar-refractivity contribution in [3.8, 4) is 0 Å². The molecule has 3 aliphatic carbocycles. The molecule has 1 spiro atoms. The van der Waals surface area contributed by atoms with Crippen molar-refractivity contribution in [3.63, 3.8) is 0 Å². The van der Waals surface area contributed by atoms with Crippen LogP contribution < -0.4 is 0 Å². The fourth-order valence-electron chi connectivity index (χ4n) is 12.2. The maximum atomic E-state index is 14.3. The lowest BCUT2D eigenvalue weighted by atomic mass is 9.37. The van der Waals surface area contributed by atoms with E-state index in [9.17, 15) is 34.5 Å². The number of methoxy groups -OCH3 is 2. The van der Waals surface area contributed by atoms with Gasteiger partial charge in [-0.15, -0.1) is 0 Å². The highest BCUT2D eigenvalue weighted by molar-refractivity contribution is 5.88. The molecule has 0 radical (unpaired) electrons. The third-order valence-electron chi connectivity index (χ3n) is 14.4. The average Bonchev–Trinajstić information content (AvgIpc) is 3.50. The zero-order chi connectivity index (χ0) is 37.6. The monoisotopic (exact) mass is 734 g/mol. The van der Waals surface area contributed by atoms with E-state index in [0.29, 0.717) is 0 Å². The maximum absolute atomic E-state index is 14.3. The summed E-state index contributed by atoms with van der Waals surface area (Å²) < 4.78 is 54.3. The summed E-state index contributed by atoms with van der Waals surface area (Å²) in [6, 6.07) is 0. The smallest absolute Gasteiger partial charge is 0.366 e. The molecule has 8 rings (SSSR count). The number of hydrogen-bond acceptors (Lipinski definition) is 16. The fourth-order valence-corrected chi connectivity index (χ4v) is 12.2. The highest BCUT2D eigenvalue weighted by Gasteiger charge is 2.97. The van der Waals surface area contributed by atoms with Gasteiger partial charge in [-0.3, -0.25) is 9.59 Å². The Kier molecular flexibility index (Phi) is 7.58. The lowest BCUT2D eigenvalue weighted by Gasteiger charge is -2.65. The van der Waals surface area contributed by atoms with Crippen LogP contribution in [0.1, 0.15) is 53.9 Å². The van der Waals surface area contributed by atoms with Gasteiger partial charge in [0, 0.05) is 47.0 Å². The molecule has 4 saturated heterocycles. The van der Waals surface area contributed by atoms with Gasteiger partial charge in [-0.2, -0.15) is 0 Å². The molecule has 16 nitrogen and oxygen atoms in total. The second-order valence-corrected chi connectivity index (χ2v) is 16.0. The van der Waals surface area contributed by atoms with Crippen LogP contribution in [-0.4, -0.2) is 126 Å². The van der Waals surface area contributed by atoms with Crippen LogP contribution in [0.25, 0.3) is 0 Å². The number of ether oxygens (including phenoxy) is 9. The number of epoxide rings is 1. The summed E-state index contributed by atoms with van der Waals surface area (Å²) >= 11 is 0. The molecule has 52 heavy (non-hydrogen) atoms. The standard InChI is InChI=1S/C36H46O16/c1-8-16(3)25(39)50-18-13-19(49-21(37)9-2)33(27(40)44-6)14-47-22-23(33)32(18)15-48-35(43,28(41)45-7)26(32)30(4,24(22)38)36-20-12-17(31(36,5)52-36)34(42)10-11-46-29(34)51-20/h8,10-11,17-20,22-24,26,29,38,42-43H,9,12-15H2,1-7H3. The minimum atomic E-state index is -2.82. The summed E-state index contributed by atoms with van der Waals surface area (Å²) in [5.41, 5.74) is -9.47. The molecule has 3 saturated carbocycles. The Hall–Kier alpha value is -3.12. The van der Waals surface area contributed by atoms with Crippen LogP contribution in [0.15, 0.2) is 24.0 Å². The number of aliphatic hydroxyl groups is 3. The number of carbonyl (C=O) groups excluding carboxylic acids is 4. The van der Waals surface area contributed by atoms with Gasteiger partial charge in [-0.05, 0) is 33.3 Å². The Balaban J connectivity index is 1.39. The van der Waals surface area contributed by atoms with Crippen LogP contribution in [0.3, 0.4) is 0 Å². The normalized spacial score (nSPS) is 53.1. The van der Waals surface area contributed by atoms with Crippen LogP contribution in [0.4, 0.5) is 0 Å². The van der Waals surface area contributed by atoms with E-state index in [0.717, 1.165) is 7.11 Å². The predicted molar refractivity (Wildman–Crippen MR) is 169 cm³/mol. The van der Waals surface area contributed by atoms with Crippen molar-refractivity contribution in [1.82, 2.24) is 0 Å². The van der Waals surface area contributed by atoms with E-state index in [4.69, 9.17) is 42.6 Å². The van der Waals surface area contributed by atoms with Gasteiger partial charge in [0.25, 0.3) is 5.79 Å². The van der Waals surface area contributed by atoms with E-state index >= 15 is 0 Å². The molecular formula is C36H46O16. The van der Waals surface area contributed by atoms with Crippen molar-refractivity contribution < 1.29 is 77.1 Å². The summed E-state index contributed by atoms with van der Waals surface area (Å²) in [5.74, 6) is -9.66. The highest BCUT2D eigenvalue weighted by atomic mass is 16.7. The van der Waals surface area contributed by atoms with Gasteiger partial charge in [-0.1, -0.05) is 19.9 Å². The molecule has 3 N–H and O–H groups in total. The molecule has 8 aliphatic rings. The molecule has 16 atom stereocenters. The van der Waals surface area contributed by atoms with E-state index in [2.05, 4.69) is 0 Å². The SMILES string of the molecule is CC=C(C)C(=O)OC1CC(OC(=O)CC)C2(C(=O)OC)COC3C2C12COC(O)(C(=O)OC)C2C(C)(C12OC1(C)C1CC2OC2OC=CC21O)C3O. The van der Waals surface area contributed by atoms with Crippen LogP contribution in [0.5, 0.6) is 0 Å². The highest BCUT2D eigenvalue weighted by Crippen LogP contribution is 2.83. The lowest BCUT2D eigenvalue weighted by Crippen LogP contribution is -2.79. The number of fused-ring (bicyclic) bond motifs is 7. The summed E-state index contributed by atoms with van der Waals surface area (Å²) in [4.78, 5) is 54.9. The molecule has 7 fully saturated rings. The predicted octanol–water partition coefficient (Wildman–Crippen LogP) is 0.187. The lowest BCUT2D eigenvalue weighted by molar-refractivity contribution is -0.314. The molecule has 0 aromatic rings. The van der Waals surface area contributed by atoms with Gasteiger partial charge in [-0.25, -0.2) is 9.59 Å². The van der Waals surface area contributed by atoms with Gasteiger partial charge in [0.2, 0.25) is 6.29 Å². The molecular weight excluding hydrogens is 688 g/mol. The summed E-state index contributed by atoms with van der Waals surface area (Å²) in [5, 5.41) is 37.6. The number of hydrogen-bond donors (Lipinski definition) is 3. The molecule has 5 heterocycles. The largest absolute Gasteiger partial charge is 0.469 e. The first-order chi connectivity index (χ1) is 24.5. The number of carbonyl (C=O) groups is 4. The van der Waals surface area contributed by atoms with Gasteiger partial charge in [0.05, 0.1) is 52.0 Å². The summed E-state index contributed by atoms with van der Waals surface area (Å²) in [6.45, 7) is 7.32. The van der Waals surface area contributed by atoms with Crippen molar-refractivity contribution >= 4 is 23.9 Å². The molecule has 5 aliphatic heterocycles. The van der Waals surface area contributed by atoms with E-state index in [1.807, 2.05) is 0 Å². The average molecular weight is 735 g/mol. The van der Waals surface area contributed by atoms with Gasteiger partial charge < -0.3 is 58.0 Å². The molecule has 2 bridgehead atoms. The number of allylic oxidation sites excluding steroid dienone is 1. The van der Waals surface area contributed by atoms with Gasteiger partial charge in [0.15, 0.2) is 5.60 Å². The van der Waals surface area contributed by atoms with Gasteiger partial charge >= 0.3 is 23.9 Å². The number of aliphatic hydroxyl groups excluding tert-OH is 1. The third kappa shape index (κ3) is 3.72. The zero-order valence-electron chi connectivity index (χ0n) is 30.1. The Labute approximate surface area is 299 Å². The third-order valence-corrected chi connectivity index (χ3v) is 14.4. The molecule has 286 valence electrons. The number of rotatable bonds is 7. The summed E-state index contributed by atoms with van der Waals surface area (Å²) in [6.07, 6.45) is -3.13. The maximum Gasteiger partial charge on any atom is 0.366 e. The van der Waals surface area contributed by atoms with Crippen LogP contribution in [-0.2, 0) is 61.8 Å². The Bertz CT molecular complexity index is 1680. The number of esters is 4. The minimum Gasteiger partial charge on any atom is -0.469 e. The fraction of sp³-hybridized carbons (Fsp3) is 0.778. The van der Waals surface area contributed by atoms with Crippen molar-refractivity contribution in [2.45, 2.75) is 113 Å². The Morgan fingerprint density at radius 3 is 2.37 bits per heavy atom. The van der Waals surface area contributed by atoms with Crippen molar-refractivity contribution in [1.29, 1.82) is 0 Å². The van der Waals surface area contributed by atoms with Crippen LogP contribution in [0.2, 0.25) is 0 Å². The van der Waals surface area contributed by atoms with Crippen molar-refractivity contribution in [3.05, 3.63) is 24.0 Å². The second kappa shape index (κ2) is 11.0. The first kappa shape index (κ1) is 35.9. The van der Waals surface area contributed by atoms with Crippen molar-refractivity contribution in [2.24, 2.45) is 34.0 Å².